The molecule has 1 fully saturated rings. The zero-order valence-electron chi connectivity index (χ0n) is 18.8. The molecule has 1 saturated carbocycles. The predicted molar refractivity (Wildman–Crippen MR) is 137 cm³/mol. The number of nitrogens with two attached hydrogens (primary N) is 1. The largest absolute Gasteiger partial charge is 0.382 e. The van der Waals surface area contributed by atoms with E-state index in [1.165, 1.54) is 19.3 Å². The first-order valence-corrected chi connectivity index (χ1v) is 12.0. The van der Waals surface area contributed by atoms with Crippen molar-refractivity contribution < 1.29 is 4.79 Å². The van der Waals surface area contributed by atoms with E-state index in [0.29, 0.717) is 34.4 Å². The van der Waals surface area contributed by atoms with Gasteiger partial charge in [0.25, 0.3) is 5.91 Å². The highest BCUT2D eigenvalue weighted by molar-refractivity contribution is 6.35. The normalized spacial score (nSPS) is 14.3. The van der Waals surface area contributed by atoms with E-state index in [1.54, 1.807) is 6.20 Å². The van der Waals surface area contributed by atoms with E-state index in [2.05, 4.69) is 15.3 Å². The average molecular weight is 472 g/mol. The van der Waals surface area contributed by atoms with Crippen LogP contribution in [0.1, 0.15) is 42.6 Å². The van der Waals surface area contributed by atoms with Gasteiger partial charge in [-0.3, -0.25) is 9.78 Å². The standard InChI is InChI=1S/C27H26ClN5O/c28-21-15-20(14-19-12-7-13-30-22(19)21)24-23(18-10-5-2-6-11-18)33-26(29)25(32-24)27(34)31-16-17-8-3-1-4-9-17/h2,5-7,10-15,17H,1,3-4,8-9,16H2,(H2,29,33)(H,31,34). The summed E-state index contributed by atoms with van der Waals surface area (Å²) in [7, 11) is 0. The maximum Gasteiger partial charge on any atom is 0.273 e. The number of benzene rings is 2. The molecule has 2 heterocycles. The van der Waals surface area contributed by atoms with Crippen LogP contribution in [0.3, 0.4) is 0 Å². The van der Waals surface area contributed by atoms with E-state index in [4.69, 9.17) is 22.3 Å². The lowest BCUT2D eigenvalue weighted by atomic mass is 9.89. The van der Waals surface area contributed by atoms with Crippen LogP contribution in [0, 0.1) is 5.92 Å². The second-order valence-electron chi connectivity index (χ2n) is 8.77. The van der Waals surface area contributed by atoms with E-state index in [1.807, 2.05) is 54.6 Å². The lowest BCUT2D eigenvalue weighted by Crippen LogP contribution is -2.31. The topological polar surface area (TPSA) is 93.8 Å². The summed E-state index contributed by atoms with van der Waals surface area (Å²) in [6, 6.07) is 17.3. The molecule has 1 amide bonds. The number of anilines is 1. The zero-order valence-corrected chi connectivity index (χ0v) is 19.6. The van der Waals surface area contributed by atoms with Crippen molar-refractivity contribution >= 4 is 34.2 Å². The Bertz CT molecular complexity index is 1340. The van der Waals surface area contributed by atoms with Gasteiger partial charge in [0.2, 0.25) is 0 Å². The molecule has 2 aromatic carbocycles. The number of carbonyl (C=O) groups excluding carboxylic acids is 1. The molecule has 1 aliphatic rings. The average Bonchev–Trinajstić information content (AvgIpc) is 2.88. The van der Waals surface area contributed by atoms with E-state index in [0.717, 1.165) is 29.4 Å². The van der Waals surface area contributed by atoms with Crippen LogP contribution >= 0.6 is 11.6 Å². The molecule has 0 saturated heterocycles. The van der Waals surface area contributed by atoms with E-state index in [9.17, 15) is 4.79 Å². The Balaban J connectivity index is 1.58. The Labute approximate surface area is 203 Å². The van der Waals surface area contributed by atoms with E-state index in [-0.39, 0.29) is 17.4 Å². The Kier molecular flexibility index (Phi) is 6.41. The lowest BCUT2D eigenvalue weighted by Gasteiger charge is -2.21. The summed E-state index contributed by atoms with van der Waals surface area (Å²) in [6.45, 7) is 0.628. The molecule has 2 aromatic heterocycles. The van der Waals surface area contributed by atoms with Crippen LogP contribution in [0.15, 0.2) is 60.8 Å². The highest BCUT2D eigenvalue weighted by Gasteiger charge is 2.22. The van der Waals surface area contributed by atoms with E-state index >= 15 is 0 Å². The SMILES string of the molecule is Nc1nc(-c2ccccc2)c(-c2cc(Cl)c3ncccc3c2)nc1C(=O)NCC1CCCCC1. The third-order valence-corrected chi connectivity index (χ3v) is 6.68. The fraction of sp³-hybridized carbons (Fsp3) is 0.259. The van der Waals surface area contributed by atoms with Crippen molar-refractivity contribution in [2.75, 3.05) is 12.3 Å². The van der Waals surface area contributed by atoms with Gasteiger partial charge in [0.05, 0.1) is 21.9 Å². The molecule has 172 valence electrons. The smallest absolute Gasteiger partial charge is 0.273 e. The second kappa shape index (κ2) is 9.77. The maximum atomic E-state index is 13.1. The molecule has 0 radical (unpaired) electrons. The predicted octanol–water partition coefficient (Wildman–Crippen LogP) is 5.90. The van der Waals surface area contributed by atoms with Crippen molar-refractivity contribution in [1.82, 2.24) is 20.3 Å². The van der Waals surface area contributed by atoms with Crippen LogP contribution in [-0.2, 0) is 0 Å². The molecule has 0 spiro atoms. The third-order valence-electron chi connectivity index (χ3n) is 6.39. The van der Waals surface area contributed by atoms with Gasteiger partial charge < -0.3 is 11.1 Å². The summed E-state index contributed by atoms with van der Waals surface area (Å²) in [5.41, 5.74) is 9.86. The van der Waals surface area contributed by atoms with Gasteiger partial charge in [-0.05, 0) is 37.0 Å². The number of nitrogen functional groups attached to an aromatic ring is 1. The number of aromatic nitrogens is 3. The molecular weight excluding hydrogens is 446 g/mol. The van der Waals surface area contributed by atoms with Crippen LogP contribution in [0.2, 0.25) is 5.02 Å². The summed E-state index contributed by atoms with van der Waals surface area (Å²) in [5.74, 6) is 0.309. The van der Waals surface area contributed by atoms with Crippen molar-refractivity contribution in [1.29, 1.82) is 0 Å². The quantitative estimate of drug-likeness (QED) is 0.377. The van der Waals surface area contributed by atoms with Crippen molar-refractivity contribution in [2.45, 2.75) is 32.1 Å². The van der Waals surface area contributed by atoms with Crippen LogP contribution in [0.4, 0.5) is 5.82 Å². The van der Waals surface area contributed by atoms with Crippen LogP contribution < -0.4 is 11.1 Å². The Morgan fingerprint density at radius 1 is 0.971 bits per heavy atom. The van der Waals surface area contributed by atoms with Crippen molar-refractivity contribution in [3.05, 3.63) is 71.5 Å². The molecule has 0 bridgehead atoms. The molecule has 4 aromatic rings. The highest BCUT2D eigenvalue weighted by Crippen LogP contribution is 2.35. The van der Waals surface area contributed by atoms with Gasteiger partial charge in [-0.1, -0.05) is 67.3 Å². The highest BCUT2D eigenvalue weighted by atomic mass is 35.5. The summed E-state index contributed by atoms with van der Waals surface area (Å²) in [6.07, 6.45) is 7.70. The maximum absolute atomic E-state index is 13.1. The first-order valence-electron chi connectivity index (χ1n) is 11.7. The molecule has 1 aliphatic carbocycles. The number of amides is 1. The van der Waals surface area contributed by atoms with Crippen LogP contribution in [-0.4, -0.2) is 27.4 Å². The number of fused-ring (bicyclic) bond motifs is 1. The molecule has 0 unspecified atom stereocenters. The summed E-state index contributed by atoms with van der Waals surface area (Å²) in [5, 5.41) is 4.42. The Hall–Kier alpha value is -3.51. The van der Waals surface area contributed by atoms with Crippen molar-refractivity contribution in [2.24, 2.45) is 5.92 Å². The number of carbonyl (C=O) groups is 1. The molecular formula is C27H26ClN5O. The Morgan fingerprint density at radius 2 is 1.74 bits per heavy atom. The number of rotatable bonds is 5. The number of hydrogen-bond donors (Lipinski definition) is 2. The van der Waals surface area contributed by atoms with Gasteiger partial charge >= 0.3 is 0 Å². The van der Waals surface area contributed by atoms with Crippen LogP contribution in [0.5, 0.6) is 0 Å². The molecule has 6 nitrogen and oxygen atoms in total. The van der Waals surface area contributed by atoms with Gasteiger partial charge in [-0.2, -0.15) is 0 Å². The lowest BCUT2D eigenvalue weighted by molar-refractivity contribution is 0.0939. The van der Waals surface area contributed by atoms with Crippen LogP contribution in [0.25, 0.3) is 33.4 Å². The molecule has 0 atom stereocenters. The van der Waals surface area contributed by atoms with E-state index < -0.39 is 0 Å². The molecule has 34 heavy (non-hydrogen) atoms. The molecule has 3 N–H and O–H groups in total. The zero-order chi connectivity index (χ0) is 23.5. The minimum Gasteiger partial charge on any atom is -0.382 e. The van der Waals surface area contributed by atoms with Crippen molar-refractivity contribution in [3.8, 4) is 22.5 Å². The van der Waals surface area contributed by atoms with Gasteiger partial charge in [-0.25, -0.2) is 9.97 Å². The first kappa shape index (κ1) is 22.3. The number of pyridine rings is 1. The van der Waals surface area contributed by atoms with Gasteiger partial charge in [0.15, 0.2) is 11.5 Å². The number of hydrogen-bond acceptors (Lipinski definition) is 5. The Morgan fingerprint density at radius 3 is 2.53 bits per heavy atom. The number of nitrogens with zero attached hydrogens (tertiary/aromatic N) is 3. The summed E-state index contributed by atoms with van der Waals surface area (Å²) < 4.78 is 0. The molecule has 7 heteroatoms. The summed E-state index contributed by atoms with van der Waals surface area (Å²) >= 11 is 6.57. The summed E-state index contributed by atoms with van der Waals surface area (Å²) in [4.78, 5) is 26.9. The van der Waals surface area contributed by atoms with Crippen molar-refractivity contribution in [3.63, 3.8) is 0 Å². The van der Waals surface area contributed by atoms with Gasteiger partial charge in [-0.15, -0.1) is 0 Å². The molecule has 5 rings (SSSR count). The minimum atomic E-state index is -0.301. The number of nitrogens with one attached hydrogen (secondary N) is 1. The number of halogens is 1. The fourth-order valence-electron chi connectivity index (χ4n) is 4.61. The van der Waals surface area contributed by atoms with Gasteiger partial charge in [0, 0.05) is 29.3 Å². The first-order chi connectivity index (χ1) is 16.6. The second-order valence-corrected chi connectivity index (χ2v) is 9.18. The fourth-order valence-corrected chi connectivity index (χ4v) is 4.89. The third kappa shape index (κ3) is 4.59. The minimum absolute atomic E-state index is 0.109. The molecule has 0 aliphatic heterocycles. The van der Waals surface area contributed by atoms with Gasteiger partial charge in [0.1, 0.15) is 0 Å². The monoisotopic (exact) mass is 471 g/mol.